The number of nitrogens with one attached hydrogen (secondary N) is 2. The molecule has 0 spiro atoms. The van der Waals surface area contributed by atoms with Crippen LogP contribution in [0.2, 0.25) is 0 Å². The summed E-state index contributed by atoms with van der Waals surface area (Å²) in [5, 5.41) is 12.8. The van der Waals surface area contributed by atoms with Gasteiger partial charge in [-0.05, 0) is 36.0 Å². The third-order valence-corrected chi connectivity index (χ3v) is 8.66. The summed E-state index contributed by atoms with van der Waals surface area (Å²) >= 11 is 0. The molecule has 2 aromatic carbocycles. The summed E-state index contributed by atoms with van der Waals surface area (Å²) in [4.78, 5) is 11.6. The van der Waals surface area contributed by atoms with E-state index < -0.39 is 26.8 Å². The van der Waals surface area contributed by atoms with Crippen LogP contribution in [-0.2, 0) is 19.6 Å². The highest BCUT2D eigenvalue weighted by Gasteiger charge is 2.44. The molecule has 3 atom stereocenters. The Morgan fingerprint density at radius 3 is 2.49 bits per heavy atom. The smallest absolute Gasteiger partial charge is 0.305 e. The zero-order chi connectivity index (χ0) is 24.7. The van der Waals surface area contributed by atoms with Crippen molar-refractivity contribution >= 4 is 21.6 Å². The van der Waals surface area contributed by atoms with E-state index in [2.05, 4.69) is 10.0 Å². The Kier molecular flexibility index (Phi) is 8.18. The number of sulfonamides is 1. The highest BCUT2D eigenvalue weighted by Crippen LogP contribution is 2.36. The van der Waals surface area contributed by atoms with Gasteiger partial charge in [-0.1, -0.05) is 78.9 Å². The lowest BCUT2D eigenvalue weighted by Crippen LogP contribution is -2.53. The summed E-state index contributed by atoms with van der Waals surface area (Å²) in [5.74, 6) is -1.07. The van der Waals surface area contributed by atoms with E-state index in [0.29, 0.717) is 12.1 Å². The van der Waals surface area contributed by atoms with Gasteiger partial charge in [0.1, 0.15) is 4.75 Å². The first-order valence-electron chi connectivity index (χ1n) is 11.9. The number of carboxylic acid groups (broad SMARTS) is 1. The van der Waals surface area contributed by atoms with Gasteiger partial charge < -0.3 is 15.2 Å². The molecule has 0 bridgehead atoms. The maximum Gasteiger partial charge on any atom is 0.305 e. The first-order valence-corrected chi connectivity index (χ1v) is 13.4. The molecule has 186 valence electrons. The summed E-state index contributed by atoms with van der Waals surface area (Å²) < 4.78 is 35.2. The van der Waals surface area contributed by atoms with E-state index in [0.717, 1.165) is 30.6 Å². The van der Waals surface area contributed by atoms with Crippen LogP contribution in [0.4, 0.5) is 0 Å². The van der Waals surface area contributed by atoms with Crippen LogP contribution in [0.5, 0.6) is 0 Å². The Bertz CT molecular complexity index is 1160. The maximum atomic E-state index is 14.0. The number of benzene rings is 2. The second-order valence-corrected chi connectivity index (χ2v) is 11.2. The van der Waals surface area contributed by atoms with Crippen molar-refractivity contribution in [3.05, 3.63) is 90.0 Å². The second kappa shape index (κ2) is 11.3. The molecule has 1 fully saturated rings. The Morgan fingerprint density at radius 1 is 1.11 bits per heavy atom. The largest absolute Gasteiger partial charge is 0.481 e. The Morgan fingerprint density at radius 2 is 1.83 bits per heavy atom. The second-order valence-electron chi connectivity index (χ2n) is 9.11. The first kappa shape index (κ1) is 25.3. The number of hydrogen-bond acceptors (Lipinski definition) is 5. The van der Waals surface area contributed by atoms with Gasteiger partial charge >= 0.3 is 5.97 Å². The lowest BCUT2D eigenvalue weighted by molar-refractivity contribution is -0.137. The predicted molar refractivity (Wildman–Crippen MR) is 136 cm³/mol. The van der Waals surface area contributed by atoms with Gasteiger partial charge in [0, 0.05) is 19.7 Å². The zero-order valence-corrected chi connectivity index (χ0v) is 20.4. The Hall–Kier alpha value is -2.78. The van der Waals surface area contributed by atoms with E-state index in [4.69, 9.17) is 4.74 Å². The molecule has 4 rings (SSSR count). The molecule has 2 aliphatic rings. The minimum Gasteiger partial charge on any atom is -0.481 e. The van der Waals surface area contributed by atoms with Crippen LogP contribution >= 0.6 is 0 Å². The van der Waals surface area contributed by atoms with Crippen molar-refractivity contribution in [2.75, 3.05) is 19.7 Å². The van der Waals surface area contributed by atoms with Crippen LogP contribution in [0, 0.1) is 0 Å². The zero-order valence-electron chi connectivity index (χ0n) is 19.6. The summed E-state index contributed by atoms with van der Waals surface area (Å²) in [6.45, 7) is 1.47. The fraction of sp³-hybridized carbons (Fsp3) is 0.370. The van der Waals surface area contributed by atoms with Crippen molar-refractivity contribution in [1.82, 2.24) is 10.0 Å². The molecule has 0 radical (unpaired) electrons. The third-order valence-electron chi connectivity index (χ3n) is 6.57. The van der Waals surface area contributed by atoms with E-state index in [1.807, 2.05) is 42.5 Å². The van der Waals surface area contributed by atoms with Crippen LogP contribution in [0.1, 0.15) is 42.9 Å². The Balaban J connectivity index is 1.62. The van der Waals surface area contributed by atoms with E-state index in [1.165, 1.54) is 0 Å². The molecule has 1 saturated heterocycles. The van der Waals surface area contributed by atoms with Gasteiger partial charge in [0.05, 0.1) is 18.6 Å². The lowest BCUT2D eigenvalue weighted by Gasteiger charge is -2.35. The molecule has 1 heterocycles. The standard InChI is InChI=1S/C27H32N2O5S/c30-26(31)17-25(22-11-5-2-6-12-22)29-35(32,33)27(20-28-19-24-14-8-16-34-24)15-7-13-23(18-27)21-9-3-1-4-10-21/h1-7,9-13,15,24-25,28-29H,8,14,16-20H2,(H,30,31)/t24?,25-,27-/m1/s1. The van der Waals surface area contributed by atoms with Crippen LogP contribution in [0.15, 0.2) is 78.9 Å². The van der Waals surface area contributed by atoms with E-state index in [-0.39, 0.29) is 25.5 Å². The molecule has 1 aliphatic heterocycles. The highest BCUT2D eigenvalue weighted by atomic mass is 32.2. The summed E-state index contributed by atoms with van der Waals surface area (Å²) in [6, 6.07) is 17.7. The third kappa shape index (κ3) is 6.27. The van der Waals surface area contributed by atoms with Crippen molar-refractivity contribution in [3.63, 3.8) is 0 Å². The van der Waals surface area contributed by atoms with E-state index in [1.54, 1.807) is 36.4 Å². The van der Waals surface area contributed by atoms with Crippen molar-refractivity contribution in [2.24, 2.45) is 0 Å². The number of rotatable bonds is 11. The topological polar surface area (TPSA) is 105 Å². The van der Waals surface area contributed by atoms with Gasteiger partial charge in [0.15, 0.2) is 0 Å². The number of allylic oxidation sites excluding steroid dienone is 3. The number of ether oxygens (including phenoxy) is 1. The maximum absolute atomic E-state index is 14.0. The van der Waals surface area contributed by atoms with Gasteiger partial charge in [-0.3, -0.25) is 4.79 Å². The molecular formula is C27H32N2O5S. The summed E-state index contributed by atoms with van der Waals surface area (Å²) in [6.07, 6.45) is 7.37. The predicted octanol–water partition coefficient (Wildman–Crippen LogP) is 3.67. The van der Waals surface area contributed by atoms with Gasteiger partial charge in [0.25, 0.3) is 0 Å². The molecule has 2 aromatic rings. The molecule has 0 aromatic heterocycles. The average Bonchev–Trinajstić information content (AvgIpc) is 3.38. The lowest BCUT2D eigenvalue weighted by atomic mass is 9.89. The molecular weight excluding hydrogens is 464 g/mol. The molecule has 7 nitrogen and oxygen atoms in total. The van der Waals surface area contributed by atoms with Gasteiger partial charge in [-0.15, -0.1) is 0 Å². The first-order chi connectivity index (χ1) is 16.9. The van der Waals surface area contributed by atoms with Crippen LogP contribution in [-0.4, -0.2) is 50.0 Å². The fourth-order valence-electron chi connectivity index (χ4n) is 4.67. The van der Waals surface area contributed by atoms with Crippen LogP contribution in [0.3, 0.4) is 0 Å². The average molecular weight is 497 g/mol. The van der Waals surface area contributed by atoms with Crippen LogP contribution < -0.4 is 10.0 Å². The SMILES string of the molecule is O=C(O)C[C@@H](NS(=O)(=O)[C@]1(CNCC2CCCO2)C=CC=C(c2ccccc2)C1)c1ccccc1. The highest BCUT2D eigenvalue weighted by molar-refractivity contribution is 7.91. The number of carbonyl (C=O) groups is 1. The van der Waals surface area contributed by atoms with Crippen molar-refractivity contribution in [3.8, 4) is 0 Å². The number of carboxylic acids is 1. The minimum absolute atomic E-state index is 0.0727. The normalized spacial score (nSPS) is 23.1. The van der Waals surface area contributed by atoms with Gasteiger partial charge in [-0.2, -0.15) is 0 Å². The van der Waals surface area contributed by atoms with Crippen molar-refractivity contribution in [1.29, 1.82) is 0 Å². The van der Waals surface area contributed by atoms with Crippen molar-refractivity contribution < 1.29 is 23.1 Å². The molecule has 0 saturated carbocycles. The molecule has 0 amide bonds. The Labute approximate surface area is 207 Å². The number of aliphatic carboxylic acids is 1. The van der Waals surface area contributed by atoms with Gasteiger partial charge in [0.2, 0.25) is 10.0 Å². The molecule has 1 unspecified atom stereocenters. The quantitative estimate of drug-likeness (QED) is 0.439. The van der Waals surface area contributed by atoms with Crippen LogP contribution in [0.25, 0.3) is 5.57 Å². The van der Waals surface area contributed by atoms with Crippen molar-refractivity contribution in [2.45, 2.75) is 42.6 Å². The minimum atomic E-state index is -4.02. The molecule has 35 heavy (non-hydrogen) atoms. The molecule has 3 N–H and O–H groups in total. The van der Waals surface area contributed by atoms with E-state index >= 15 is 0 Å². The molecule has 1 aliphatic carbocycles. The van der Waals surface area contributed by atoms with Gasteiger partial charge in [-0.25, -0.2) is 13.1 Å². The monoisotopic (exact) mass is 496 g/mol. The fourth-order valence-corrected chi connectivity index (χ4v) is 6.40. The summed E-state index contributed by atoms with van der Waals surface area (Å²) in [5.41, 5.74) is 2.48. The number of hydrogen-bond donors (Lipinski definition) is 3. The van der Waals surface area contributed by atoms with E-state index in [9.17, 15) is 18.3 Å². The summed E-state index contributed by atoms with van der Waals surface area (Å²) in [7, 11) is -4.02. The molecule has 8 heteroatoms.